The number of aromatic nitrogens is 2. The lowest BCUT2D eigenvalue weighted by molar-refractivity contribution is -0.143. The summed E-state index contributed by atoms with van der Waals surface area (Å²) in [5, 5.41) is 9.16. The molecule has 0 aliphatic carbocycles. The second-order valence-electron chi connectivity index (χ2n) is 8.31. The lowest BCUT2D eigenvalue weighted by Crippen LogP contribution is -2.26. The van der Waals surface area contributed by atoms with E-state index in [-0.39, 0.29) is 18.1 Å². The Morgan fingerprint density at radius 3 is 2.33 bits per heavy atom. The van der Waals surface area contributed by atoms with E-state index < -0.39 is 23.3 Å². The number of para-hydroxylation sites is 1. The summed E-state index contributed by atoms with van der Waals surface area (Å²) in [5.41, 5.74) is 1.72. The molecule has 0 spiro atoms. The molecule has 3 aromatic carbocycles. The van der Waals surface area contributed by atoms with Gasteiger partial charge in [-0.3, -0.25) is 9.59 Å². The summed E-state index contributed by atoms with van der Waals surface area (Å²) in [6.07, 6.45) is -3.88. The summed E-state index contributed by atoms with van der Waals surface area (Å²) in [6, 6.07) is 20.3. The molecular weight excluding hydrogens is 469 g/mol. The number of anilines is 1. The molecule has 4 aromatic rings. The molecule has 0 bridgehead atoms. The number of carbonyl (C=O) groups excluding carboxylic acids is 2. The predicted molar refractivity (Wildman–Crippen MR) is 130 cm³/mol. The van der Waals surface area contributed by atoms with Crippen molar-refractivity contribution < 1.29 is 22.8 Å². The summed E-state index contributed by atoms with van der Waals surface area (Å²) in [7, 11) is 0. The van der Waals surface area contributed by atoms with Crippen LogP contribution in [0.2, 0.25) is 0 Å². The molecule has 36 heavy (non-hydrogen) atoms. The van der Waals surface area contributed by atoms with E-state index in [4.69, 9.17) is 0 Å². The van der Waals surface area contributed by atoms with E-state index in [1.54, 1.807) is 61.5 Å². The van der Waals surface area contributed by atoms with E-state index in [1.807, 2.05) is 19.1 Å². The molecule has 9 heteroatoms. The van der Waals surface area contributed by atoms with Gasteiger partial charge in [-0.25, -0.2) is 4.68 Å². The smallest absolute Gasteiger partial charge is 0.348 e. The molecule has 1 aromatic heterocycles. The number of rotatable bonds is 6. The number of hydrogen-bond acceptors (Lipinski definition) is 3. The number of amides is 2. The highest BCUT2D eigenvalue weighted by Gasteiger charge is 2.40. The minimum absolute atomic E-state index is 0.0417. The third-order valence-corrected chi connectivity index (χ3v) is 5.58. The second-order valence-corrected chi connectivity index (χ2v) is 8.31. The minimum Gasteiger partial charge on any atom is -0.348 e. The zero-order valence-corrected chi connectivity index (χ0v) is 19.6. The Labute approximate surface area is 205 Å². The summed E-state index contributed by atoms with van der Waals surface area (Å²) >= 11 is 0. The number of nitrogens with zero attached hydrogens (tertiary/aromatic N) is 2. The first-order valence-corrected chi connectivity index (χ1v) is 11.1. The van der Waals surface area contributed by atoms with E-state index in [0.717, 1.165) is 16.4 Å². The highest BCUT2D eigenvalue weighted by molar-refractivity contribution is 6.04. The Balaban J connectivity index is 1.50. The molecule has 0 saturated heterocycles. The van der Waals surface area contributed by atoms with Crippen LogP contribution in [0.4, 0.5) is 18.9 Å². The molecule has 184 valence electrons. The normalized spacial score (nSPS) is 11.2. The Hall–Kier alpha value is -4.40. The maximum Gasteiger partial charge on any atom is 0.434 e. The van der Waals surface area contributed by atoms with Crippen LogP contribution in [0.15, 0.2) is 79.0 Å². The fourth-order valence-corrected chi connectivity index (χ4v) is 3.72. The van der Waals surface area contributed by atoms with Crippen molar-refractivity contribution in [3.8, 4) is 5.69 Å². The maximum atomic E-state index is 13.9. The van der Waals surface area contributed by atoms with E-state index in [1.165, 1.54) is 6.07 Å². The largest absolute Gasteiger partial charge is 0.434 e. The molecule has 1 heterocycles. The summed E-state index contributed by atoms with van der Waals surface area (Å²) in [5.74, 6) is -1.20. The Morgan fingerprint density at radius 2 is 1.64 bits per heavy atom. The van der Waals surface area contributed by atoms with Gasteiger partial charge in [-0.1, -0.05) is 48.0 Å². The van der Waals surface area contributed by atoms with E-state index in [9.17, 15) is 22.8 Å². The standard InChI is InChI=1S/C27H23F3N4O2/c1-17-10-12-20(13-11-17)25(35)33-21-8-5-7-19(14-21)15-31-26(36)22-16-32-34(24(22)27(28,29)30)23-9-4-3-6-18(23)2/h3-14,16H,15H2,1-2H3,(H,31,36)(H,33,35). The zero-order chi connectivity index (χ0) is 25.9. The van der Waals surface area contributed by atoms with Crippen molar-refractivity contribution in [1.29, 1.82) is 0 Å². The van der Waals surface area contributed by atoms with Gasteiger partial charge in [0, 0.05) is 17.8 Å². The Kier molecular flexibility index (Phi) is 6.91. The number of carbonyl (C=O) groups is 2. The van der Waals surface area contributed by atoms with Crippen molar-refractivity contribution in [3.05, 3.63) is 113 Å². The van der Waals surface area contributed by atoms with Crippen LogP contribution < -0.4 is 10.6 Å². The zero-order valence-electron chi connectivity index (χ0n) is 19.6. The molecule has 0 aliphatic heterocycles. The molecule has 6 nitrogen and oxygen atoms in total. The van der Waals surface area contributed by atoms with Gasteiger partial charge in [0.2, 0.25) is 0 Å². The van der Waals surface area contributed by atoms with Crippen molar-refractivity contribution in [2.24, 2.45) is 0 Å². The van der Waals surface area contributed by atoms with Gasteiger partial charge in [0.25, 0.3) is 11.8 Å². The Bertz CT molecular complexity index is 1410. The molecule has 0 radical (unpaired) electrons. The lowest BCUT2D eigenvalue weighted by Gasteiger charge is -2.14. The van der Waals surface area contributed by atoms with Crippen LogP contribution in [-0.4, -0.2) is 21.6 Å². The molecule has 2 amide bonds. The summed E-state index contributed by atoms with van der Waals surface area (Å²) < 4.78 is 42.6. The fraction of sp³-hybridized carbons (Fsp3) is 0.148. The Morgan fingerprint density at radius 1 is 0.917 bits per heavy atom. The van der Waals surface area contributed by atoms with Crippen LogP contribution >= 0.6 is 0 Å². The third-order valence-electron chi connectivity index (χ3n) is 5.58. The van der Waals surface area contributed by atoms with Crippen LogP contribution in [0.1, 0.15) is 43.1 Å². The van der Waals surface area contributed by atoms with Gasteiger partial charge in [0.05, 0.1) is 17.4 Å². The monoisotopic (exact) mass is 492 g/mol. The van der Waals surface area contributed by atoms with Gasteiger partial charge in [0.1, 0.15) is 0 Å². The van der Waals surface area contributed by atoms with Crippen molar-refractivity contribution in [2.45, 2.75) is 26.6 Å². The highest BCUT2D eigenvalue weighted by atomic mass is 19.4. The number of halogens is 3. The van der Waals surface area contributed by atoms with Gasteiger partial charge in [-0.15, -0.1) is 0 Å². The highest BCUT2D eigenvalue weighted by Crippen LogP contribution is 2.34. The molecule has 0 saturated carbocycles. The first kappa shape index (κ1) is 24.7. The topological polar surface area (TPSA) is 76.0 Å². The maximum absolute atomic E-state index is 13.9. The quantitative estimate of drug-likeness (QED) is 0.363. The van der Waals surface area contributed by atoms with Crippen LogP contribution in [0.3, 0.4) is 0 Å². The lowest BCUT2D eigenvalue weighted by atomic mass is 10.1. The number of nitrogens with one attached hydrogen (secondary N) is 2. The van der Waals surface area contributed by atoms with Crippen LogP contribution in [-0.2, 0) is 12.7 Å². The predicted octanol–water partition coefficient (Wildman–Crippen LogP) is 5.69. The van der Waals surface area contributed by atoms with Gasteiger partial charge >= 0.3 is 6.18 Å². The van der Waals surface area contributed by atoms with Gasteiger partial charge in [-0.05, 0) is 55.3 Å². The van der Waals surface area contributed by atoms with Crippen molar-refractivity contribution >= 4 is 17.5 Å². The summed E-state index contributed by atoms with van der Waals surface area (Å²) in [6.45, 7) is 3.55. The van der Waals surface area contributed by atoms with Crippen molar-refractivity contribution in [1.82, 2.24) is 15.1 Å². The van der Waals surface area contributed by atoms with Crippen LogP contribution in [0, 0.1) is 13.8 Å². The molecule has 4 rings (SSSR count). The third kappa shape index (κ3) is 5.46. The van der Waals surface area contributed by atoms with Crippen molar-refractivity contribution in [3.63, 3.8) is 0 Å². The first-order valence-electron chi connectivity index (χ1n) is 11.1. The van der Waals surface area contributed by atoms with Crippen molar-refractivity contribution in [2.75, 3.05) is 5.32 Å². The molecule has 2 N–H and O–H groups in total. The van der Waals surface area contributed by atoms with E-state index in [2.05, 4.69) is 15.7 Å². The number of benzene rings is 3. The molecular formula is C27H23F3N4O2. The number of alkyl halides is 3. The van der Waals surface area contributed by atoms with Gasteiger partial charge in [-0.2, -0.15) is 18.3 Å². The van der Waals surface area contributed by atoms with Crippen LogP contribution in [0.5, 0.6) is 0 Å². The molecule has 0 fully saturated rings. The van der Waals surface area contributed by atoms with E-state index >= 15 is 0 Å². The summed E-state index contributed by atoms with van der Waals surface area (Å²) in [4.78, 5) is 25.2. The first-order chi connectivity index (χ1) is 17.1. The molecule has 0 unspecified atom stereocenters. The average Bonchev–Trinajstić information content (AvgIpc) is 3.29. The number of hydrogen-bond donors (Lipinski definition) is 2. The van der Waals surface area contributed by atoms with Crippen LogP contribution in [0.25, 0.3) is 5.69 Å². The van der Waals surface area contributed by atoms with E-state index in [0.29, 0.717) is 22.4 Å². The molecule has 0 aliphatic rings. The second kappa shape index (κ2) is 10.1. The average molecular weight is 493 g/mol. The number of aryl methyl sites for hydroxylation is 2. The molecule has 0 atom stereocenters. The fourth-order valence-electron chi connectivity index (χ4n) is 3.72. The SMILES string of the molecule is Cc1ccc(C(=O)Nc2cccc(CNC(=O)c3cnn(-c4ccccc4C)c3C(F)(F)F)c2)cc1. The van der Waals surface area contributed by atoms with Gasteiger partial charge < -0.3 is 10.6 Å². The minimum atomic E-state index is -4.80. The van der Waals surface area contributed by atoms with Gasteiger partial charge in [0.15, 0.2) is 5.69 Å².